The number of carbonyl (C=O) groups excluding carboxylic acids is 1. The van der Waals surface area contributed by atoms with E-state index in [0.717, 1.165) is 23.2 Å². The summed E-state index contributed by atoms with van der Waals surface area (Å²) in [6.07, 6.45) is 2.97. The molecular weight excluding hydrogens is 460 g/mol. The van der Waals surface area contributed by atoms with E-state index >= 15 is 0 Å². The highest BCUT2D eigenvalue weighted by Gasteiger charge is 2.33. The fourth-order valence-electron chi connectivity index (χ4n) is 4.82. The van der Waals surface area contributed by atoms with Crippen LogP contribution in [0.25, 0.3) is 5.70 Å². The van der Waals surface area contributed by atoms with Crippen molar-refractivity contribution in [2.45, 2.75) is 19.0 Å². The molecule has 1 atom stereocenters. The van der Waals surface area contributed by atoms with Gasteiger partial charge in [-0.05, 0) is 57.3 Å². The first kappa shape index (κ1) is 21.6. The van der Waals surface area contributed by atoms with E-state index in [0.29, 0.717) is 24.1 Å². The van der Waals surface area contributed by atoms with Gasteiger partial charge in [-0.2, -0.15) is 4.68 Å². The Morgan fingerprint density at radius 1 is 0.943 bits per heavy atom. The van der Waals surface area contributed by atoms with Gasteiger partial charge in [-0.1, -0.05) is 83.4 Å². The van der Waals surface area contributed by atoms with Crippen LogP contribution in [0, 0.1) is 0 Å². The Labute approximate surface area is 208 Å². The summed E-state index contributed by atoms with van der Waals surface area (Å²) in [5.41, 5.74) is 5.40. The summed E-state index contributed by atoms with van der Waals surface area (Å²) in [6.45, 7) is 1.44. The van der Waals surface area contributed by atoms with Gasteiger partial charge in [0.1, 0.15) is 12.6 Å². The Balaban J connectivity index is 1.37. The van der Waals surface area contributed by atoms with Crippen LogP contribution in [0.4, 0.5) is 5.95 Å². The lowest BCUT2D eigenvalue weighted by Gasteiger charge is -2.35. The highest BCUT2D eigenvalue weighted by molar-refractivity contribution is 6.30. The molecule has 0 fully saturated rings. The van der Waals surface area contributed by atoms with Crippen LogP contribution < -0.4 is 4.90 Å². The fraction of sp³-hybridized carbons (Fsp3) is 0.185. The van der Waals surface area contributed by atoms with Crippen molar-refractivity contribution >= 4 is 29.2 Å². The third-order valence-electron chi connectivity index (χ3n) is 6.64. The number of hydrogen-bond donors (Lipinski definition) is 0. The van der Waals surface area contributed by atoms with Gasteiger partial charge in [0.25, 0.3) is 5.95 Å². The molecule has 0 unspecified atom stereocenters. The molecule has 1 amide bonds. The van der Waals surface area contributed by atoms with Gasteiger partial charge in [0.15, 0.2) is 0 Å². The molecule has 0 bridgehead atoms. The third kappa shape index (κ3) is 4.08. The zero-order chi connectivity index (χ0) is 23.8. The van der Waals surface area contributed by atoms with Crippen molar-refractivity contribution in [2.24, 2.45) is 0 Å². The minimum Gasteiger partial charge on any atom is -0.336 e. The molecule has 2 aliphatic rings. The monoisotopic (exact) mass is 482 g/mol. The Kier molecular flexibility index (Phi) is 5.54. The maximum Gasteiger partial charge on any atom is 0.251 e. The number of anilines is 1. The van der Waals surface area contributed by atoms with Crippen molar-refractivity contribution in [3.63, 3.8) is 0 Å². The molecule has 3 aromatic carbocycles. The van der Waals surface area contributed by atoms with Crippen LogP contribution in [-0.2, 0) is 17.8 Å². The van der Waals surface area contributed by atoms with Gasteiger partial charge in [0.2, 0.25) is 5.91 Å². The highest BCUT2D eigenvalue weighted by atomic mass is 35.5. The van der Waals surface area contributed by atoms with E-state index in [9.17, 15) is 4.79 Å². The summed E-state index contributed by atoms with van der Waals surface area (Å²) >= 11 is 6.17. The summed E-state index contributed by atoms with van der Waals surface area (Å²) < 4.78 is 1.77. The van der Waals surface area contributed by atoms with Crippen LogP contribution >= 0.6 is 11.6 Å². The fourth-order valence-corrected chi connectivity index (χ4v) is 4.95. The number of aromatic nitrogens is 4. The largest absolute Gasteiger partial charge is 0.336 e. The van der Waals surface area contributed by atoms with E-state index in [1.54, 1.807) is 4.68 Å². The van der Waals surface area contributed by atoms with Crippen LogP contribution in [0.3, 0.4) is 0 Å². The maximum absolute atomic E-state index is 13.5. The number of carbonyl (C=O) groups is 1. The molecule has 4 aromatic rings. The number of allylic oxidation sites excluding steroid dienone is 1. The zero-order valence-electron chi connectivity index (χ0n) is 19.0. The maximum atomic E-state index is 13.5. The number of benzene rings is 3. The standard InChI is InChI=1S/C27H23ClN6O/c28-23-12-10-21(11-13-23)24-16-25(20-7-2-1-3-8-20)34-27(29-30-31-34)33(24)18-26(35)32-15-14-19-6-4-5-9-22(19)17-32/h1-13,16,25H,14-15,17-18H2/t25-/m1/s1. The molecule has 2 aliphatic heterocycles. The van der Waals surface area contributed by atoms with Crippen LogP contribution in [0.15, 0.2) is 84.9 Å². The van der Waals surface area contributed by atoms with Crippen molar-refractivity contribution in [3.8, 4) is 0 Å². The van der Waals surface area contributed by atoms with Gasteiger partial charge < -0.3 is 4.90 Å². The first-order valence-electron chi connectivity index (χ1n) is 11.6. The number of tetrazole rings is 1. The van der Waals surface area contributed by atoms with Gasteiger partial charge in [-0.15, -0.1) is 0 Å². The lowest BCUT2D eigenvalue weighted by atomic mass is 9.99. The summed E-state index contributed by atoms with van der Waals surface area (Å²) in [7, 11) is 0. The van der Waals surface area contributed by atoms with E-state index in [-0.39, 0.29) is 18.5 Å². The van der Waals surface area contributed by atoms with E-state index in [1.807, 2.05) is 58.3 Å². The van der Waals surface area contributed by atoms with Crippen molar-refractivity contribution in [1.82, 2.24) is 25.1 Å². The number of nitrogens with zero attached hydrogens (tertiary/aromatic N) is 6. The number of amides is 1. The Bertz CT molecular complexity index is 1400. The Morgan fingerprint density at radius 2 is 1.69 bits per heavy atom. The topological polar surface area (TPSA) is 67.2 Å². The average molecular weight is 483 g/mol. The summed E-state index contributed by atoms with van der Waals surface area (Å²) in [6, 6.07) is 25.8. The first-order valence-corrected chi connectivity index (χ1v) is 12.0. The lowest BCUT2D eigenvalue weighted by Crippen LogP contribution is -2.44. The number of rotatable bonds is 4. The third-order valence-corrected chi connectivity index (χ3v) is 6.90. The predicted molar refractivity (Wildman–Crippen MR) is 135 cm³/mol. The Hall–Kier alpha value is -3.97. The molecule has 0 N–H and O–H groups in total. The molecular formula is C27H23ClN6O. The normalized spacial score (nSPS) is 16.9. The Morgan fingerprint density at radius 3 is 2.49 bits per heavy atom. The zero-order valence-corrected chi connectivity index (χ0v) is 19.7. The minimum atomic E-state index is -0.194. The highest BCUT2D eigenvalue weighted by Crippen LogP contribution is 2.36. The quantitative estimate of drug-likeness (QED) is 0.432. The molecule has 6 rings (SSSR count). The van der Waals surface area contributed by atoms with E-state index in [1.165, 1.54) is 11.1 Å². The molecule has 3 heterocycles. The van der Waals surface area contributed by atoms with Crippen molar-refractivity contribution in [1.29, 1.82) is 0 Å². The predicted octanol–water partition coefficient (Wildman–Crippen LogP) is 4.36. The van der Waals surface area contributed by atoms with Gasteiger partial charge in [0, 0.05) is 18.1 Å². The molecule has 0 aliphatic carbocycles. The van der Waals surface area contributed by atoms with Crippen molar-refractivity contribution < 1.29 is 4.79 Å². The van der Waals surface area contributed by atoms with E-state index in [2.05, 4.69) is 51.9 Å². The molecule has 0 radical (unpaired) electrons. The number of hydrogen-bond acceptors (Lipinski definition) is 5. The molecule has 0 spiro atoms. The smallest absolute Gasteiger partial charge is 0.251 e. The van der Waals surface area contributed by atoms with E-state index in [4.69, 9.17) is 11.6 Å². The molecule has 174 valence electrons. The lowest BCUT2D eigenvalue weighted by molar-refractivity contribution is -0.130. The second kappa shape index (κ2) is 9.00. The summed E-state index contributed by atoms with van der Waals surface area (Å²) in [5.74, 6) is 0.573. The SMILES string of the molecule is O=C(CN1C(c2ccc(Cl)cc2)=C[C@H](c2ccccc2)n2nnnc21)N1CCc2ccccc2C1. The first-order chi connectivity index (χ1) is 17.2. The van der Waals surface area contributed by atoms with Gasteiger partial charge in [-0.25, -0.2) is 0 Å². The van der Waals surface area contributed by atoms with Gasteiger partial charge in [-0.3, -0.25) is 9.69 Å². The minimum absolute atomic E-state index is 0.0343. The molecule has 0 saturated carbocycles. The van der Waals surface area contributed by atoms with Crippen LogP contribution in [0.5, 0.6) is 0 Å². The van der Waals surface area contributed by atoms with Crippen LogP contribution in [0.1, 0.15) is 28.3 Å². The molecule has 7 nitrogen and oxygen atoms in total. The molecule has 8 heteroatoms. The number of fused-ring (bicyclic) bond motifs is 2. The average Bonchev–Trinajstić information content (AvgIpc) is 3.40. The second-order valence-corrected chi connectivity index (χ2v) is 9.19. The van der Waals surface area contributed by atoms with Gasteiger partial charge in [0.05, 0.1) is 5.70 Å². The van der Waals surface area contributed by atoms with Crippen LogP contribution in [-0.4, -0.2) is 44.1 Å². The summed E-state index contributed by atoms with van der Waals surface area (Å²) in [4.78, 5) is 17.4. The molecule has 35 heavy (non-hydrogen) atoms. The van der Waals surface area contributed by atoms with Crippen LogP contribution in [0.2, 0.25) is 5.02 Å². The van der Waals surface area contributed by atoms with Crippen molar-refractivity contribution in [2.75, 3.05) is 18.0 Å². The molecule has 1 aromatic heterocycles. The molecule has 0 saturated heterocycles. The van der Waals surface area contributed by atoms with Gasteiger partial charge >= 0.3 is 0 Å². The van der Waals surface area contributed by atoms with Crippen molar-refractivity contribution in [3.05, 3.63) is 112 Å². The number of halogens is 1. The second-order valence-electron chi connectivity index (χ2n) is 8.76. The summed E-state index contributed by atoms with van der Waals surface area (Å²) in [5, 5.41) is 13.2. The van der Waals surface area contributed by atoms with E-state index < -0.39 is 0 Å².